The Labute approximate surface area is 119 Å². The molecule has 1 aliphatic rings. The number of hydrogen-bond donors (Lipinski definition) is 2. The van der Waals surface area contributed by atoms with Crippen molar-refractivity contribution in [3.63, 3.8) is 0 Å². The molecular weight excluding hydrogens is 250 g/mol. The molecule has 1 aliphatic heterocycles. The Hall–Kier alpha value is -2.04. The summed E-state index contributed by atoms with van der Waals surface area (Å²) in [5.41, 5.74) is 2.71. The van der Waals surface area contributed by atoms with E-state index in [1.54, 1.807) is 0 Å². The van der Waals surface area contributed by atoms with E-state index in [0.29, 0.717) is 5.95 Å². The fourth-order valence-corrected chi connectivity index (χ4v) is 2.71. The number of hydrogen-bond acceptors (Lipinski definition) is 4. The van der Waals surface area contributed by atoms with Crippen LogP contribution in [0.25, 0.3) is 0 Å². The maximum atomic E-state index is 4.52. The molecule has 2 heterocycles. The SMILES string of the molecule is CCCc1ccc(C2CCNc3nc(NC)nn32)cc1. The van der Waals surface area contributed by atoms with Crippen molar-refractivity contribution in [2.45, 2.75) is 32.2 Å². The van der Waals surface area contributed by atoms with Gasteiger partial charge in [-0.1, -0.05) is 37.6 Å². The lowest BCUT2D eigenvalue weighted by Gasteiger charge is -2.24. The lowest BCUT2D eigenvalue weighted by Crippen LogP contribution is -2.24. The molecule has 0 aliphatic carbocycles. The van der Waals surface area contributed by atoms with Crippen LogP contribution in [0.5, 0.6) is 0 Å². The Morgan fingerprint density at radius 2 is 2.15 bits per heavy atom. The summed E-state index contributed by atoms with van der Waals surface area (Å²) in [4.78, 5) is 4.42. The van der Waals surface area contributed by atoms with Gasteiger partial charge in [-0.05, 0) is 24.0 Å². The Balaban J connectivity index is 1.89. The summed E-state index contributed by atoms with van der Waals surface area (Å²) < 4.78 is 1.99. The van der Waals surface area contributed by atoms with Gasteiger partial charge < -0.3 is 10.6 Å². The predicted octanol–water partition coefficient (Wildman–Crippen LogP) is 2.68. The van der Waals surface area contributed by atoms with E-state index in [0.717, 1.165) is 25.3 Å². The van der Waals surface area contributed by atoms with Gasteiger partial charge in [0.15, 0.2) is 0 Å². The van der Waals surface area contributed by atoms with E-state index in [4.69, 9.17) is 0 Å². The molecule has 1 aromatic carbocycles. The first kappa shape index (κ1) is 13.0. The van der Waals surface area contributed by atoms with Crippen LogP contribution in [0.4, 0.5) is 11.9 Å². The number of anilines is 2. The standard InChI is InChI=1S/C15H21N5/c1-3-4-11-5-7-12(8-6-11)13-9-10-17-15-18-14(16-2)19-20(13)15/h5-8,13H,3-4,9-10H2,1-2H3,(H2,16,17,18,19). The van der Waals surface area contributed by atoms with Gasteiger partial charge in [-0.2, -0.15) is 4.98 Å². The smallest absolute Gasteiger partial charge is 0.243 e. The predicted molar refractivity (Wildman–Crippen MR) is 81.3 cm³/mol. The van der Waals surface area contributed by atoms with Gasteiger partial charge in [-0.15, -0.1) is 5.10 Å². The highest BCUT2D eigenvalue weighted by atomic mass is 15.5. The maximum absolute atomic E-state index is 4.52. The zero-order chi connectivity index (χ0) is 13.9. The fourth-order valence-electron chi connectivity index (χ4n) is 2.71. The van der Waals surface area contributed by atoms with Crippen LogP contribution in [-0.4, -0.2) is 28.4 Å². The minimum absolute atomic E-state index is 0.275. The normalized spacial score (nSPS) is 17.4. The molecule has 0 amide bonds. The van der Waals surface area contributed by atoms with E-state index in [1.165, 1.54) is 17.5 Å². The fraction of sp³-hybridized carbons (Fsp3) is 0.467. The molecule has 106 valence electrons. The Morgan fingerprint density at radius 1 is 1.35 bits per heavy atom. The molecular formula is C15H21N5. The molecule has 0 saturated carbocycles. The Kier molecular flexibility index (Phi) is 3.58. The molecule has 3 rings (SSSR count). The van der Waals surface area contributed by atoms with Crippen LogP contribution >= 0.6 is 0 Å². The number of nitrogens with one attached hydrogen (secondary N) is 2. The van der Waals surface area contributed by atoms with Gasteiger partial charge in [0.05, 0.1) is 6.04 Å². The van der Waals surface area contributed by atoms with Crippen molar-refractivity contribution in [1.29, 1.82) is 0 Å². The van der Waals surface area contributed by atoms with Crippen LogP contribution in [-0.2, 0) is 6.42 Å². The summed E-state index contributed by atoms with van der Waals surface area (Å²) in [5.74, 6) is 1.52. The van der Waals surface area contributed by atoms with Crippen molar-refractivity contribution in [1.82, 2.24) is 14.8 Å². The van der Waals surface area contributed by atoms with Crippen molar-refractivity contribution in [3.05, 3.63) is 35.4 Å². The monoisotopic (exact) mass is 271 g/mol. The lowest BCUT2D eigenvalue weighted by molar-refractivity contribution is 0.481. The molecule has 0 bridgehead atoms. The lowest BCUT2D eigenvalue weighted by atomic mass is 10.00. The zero-order valence-electron chi connectivity index (χ0n) is 12.1. The number of aromatic nitrogens is 3. The van der Waals surface area contributed by atoms with Crippen LogP contribution in [0.15, 0.2) is 24.3 Å². The van der Waals surface area contributed by atoms with Crippen LogP contribution in [0.3, 0.4) is 0 Å². The molecule has 20 heavy (non-hydrogen) atoms. The van der Waals surface area contributed by atoms with Crippen LogP contribution in [0, 0.1) is 0 Å². The van der Waals surface area contributed by atoms with Gasteiger partial charge in [-0.25, -0.2) is 4.68 Å². The van der Waals surface area contributed by atoms with Gasteiger partial charge >= 0.3 is 0 Å². The van der Waals surface area contributed by atoms with Crippen molar-refractivity contribution in [2.24, 2.45) is 0 Å². The highest BCUT2D eigenvalue weighted by Gasteiger charge is 2.24. The van der Waals surface area contributed by atoms with Crippen molar-refractivity contribution < 1.29 is 0 Å². The molecule has 0 radical (unpaired) electrons. The number of nitrogens with zero attached hydrogens (tertiary/aromatic N) is 3. The summed E-state index contributed by atoms with van der Waals surface area (Å²) in [6.45, 7) is 3.14. The maximum Gasteiger partial charge on any atom is 0.243 e. The topological polar surface area (TPSA) is 54.8 Å². The number of rotatable bonds is 4. The van der Waals surface area contributed by atoms with Crippen molar-refractivity contribution >= 4 is 11.9 Å². The highest BCUT2D eigenvalue weighted by Crippen LogP contribution is 2.29. The average molecular weight is 271 g/mol. The second-order valence-corrected chi connectivity index (χ2v) is 5.18. The molecule has 0 fully saturated rings. The summed E-state index contributed by atoms with van der Waals surface area (Å²) in [6.07, 6.45) is 3.36. The molecule has 1 atom stereocenters. The van der Waals surface area contributed by atoms with E-state index in [1.807, 2.05) is 11.7 Å². The molecule has 2 aromatic rings. The molecule has 1 aromatic heterocycles. The second-order valence-electron chi connectivity index (χ2n) is 5.18. The van der Waals surface area contributed by atoms with Gasteiger partial charge in [0.2, 0.25) is 11.9 Å². The summed E-state index contributed by atoms with van der Waals surface area (Å²) in [5, 5.41) is 10.8. The number of fused-ring (bicyclic) bond motifs is 1. The minimum atomic E-state index is 0.275. The third kappa shape index (κ3) is 2.35. The third-order valence-corrected chi connectivity index (χ3v) is 3.75. The average Bonchev–Trinajstić information content (AvgIpc) is 2.91. The van der Waals surface area contributed by atoms with E-state index in [-0.39, 0.29) is 6.04 Å². The molecule has 1 unspecified atom stereocenters. The van der Waals surface area contributed by atoms with Crippen molar-refractivity contribution in [3.8, 4) is 0 Å². The highest BCUT2D eigenvalue weighted by molar-refractivity contribution is 5.39. The quantitative estimate of drug-likeness (QED) is 0.897. The van der Waals surface area contributed by atoms with Crippen LogP contribution < -0.4 is 10.6 Å². The molecule has 0 spiro atoms. The van der Waals surface area contributed by atoms with E-state index >= 15 is 0 Å². The largest absolute Gasteiger partial charge is 0.356 e. The molecule has 5 heteroatoms. The van der Waals surface area contributed by atoms with E-state index < -0.39 is 0 Å². The van der Waals surface area contributed by atoms with E-state index in [9.17, 15) is 0 Å². The van der Waals surface area contributed by atoms with E-state index in [2.05, 4.69) is 51.9 Å². The van der Waals surface area contributed by atoms with Gasteiger partial charge in [-0.3, -0.25) is 0 Å². The number of benzene rings is 1. The second kappa shape index (κ2) is 5.53. The summed E-state index contributed by atoms with van der Waals surface area (Å²) in [7, 11) is 1.84. The first-order valence-electron chi connectivity index (χ1n) is 7.29. The Bertz CT molecular complexity index is 572. The zero-order valence-corrected chi connectivity index (χ0v) is 12.1. The van der Waals surface area contributed by atoms with Gasteiger partial charge in [0, 0.05) is 13.6 Å². The molecule has 2 N–H and O–H groups in total. The van der Waals surface area contributed by atoms with Gasteiger partial charge in [0.1, 0.15) is 0 Å². The van der Waals surface area contributed by atoms with Crippen LogP contribution in [0.1, 0.15) is 36.9 Å². The van der Waals surface area contributed by atoms with Gasteiger partial charge in [0.25, 0.3) is 0 Å². The van der Waals surface area contributed by atoms with Crippen molar-refractivity contribution in [2.75, 3.05) is 24.2 Å². The summed E-state index contributed by atoms with van der Waals surface area (Å²) in [6, 6.07) is 9.20. The van der Waals surface area contributed by atoms with Crippen LogP contribution in [0.2, 0.25) is 0 Å². The molecule has 0 saturated heterocycles. The summed E-state index contributed by atoms with van der Waals surface area (Å²) >= 11 is 0. The Morgan fingerprint density at radius 3 is 2.85 bits per heavy atom. The molecule has 5 nitrogen and oxygen atoms in total. The first-order chi connectivity index (χ1) is 9.81. The third-order valence-electron chi connectivity index (χ3n) is 3.75. The first-order valence-corrected chi connectivity index (χ1v) is 7.29. The minimum Gasteiger partial charge on any atom is -0.356 e. The number of aryl methyl sites for hydroxylation is 1.